The summed E-state index contributed by atoms with van der Waals surface area (Å²) < 4.78 is 2.84. The van der Waals surface area contributed by atoms with Crippen molar-refractivity contribution in [3.8, 4) is 5.69 Å². The summed E-state index contributed by atoms with van der Waals surface area (Å²) in [5.41, 5.74) is 5.77. The fourth-order valence-electron chi connectivity index (χ4n) is 3.56. The maximum atomic E-state index is 13.2. The Kier molecular flexibility index (Phi) is 6.69. The minimum absolute atomic E-state index is 0.0759. The smallest absolute Gasteiger partial charge is 0.210 e. The summed E-state index contributed by atoms with van der Waals surface area (Å²) in [5, 5.41) is 12.9. The number of para-hydroxylation sites is 1. The second-order valence-electron chi connectivity index (χ2n) is 7.53. The molecule has 8 heteroatoms. The maximum absolute atomic E-state index is 13.2. The van der Waals surface area contributed by atoms with Gasteiger partial charge in [0.05, 0.1) is 5.25 Å². The van der Waals surface area contributed by atoms with Gasteiger partial charge >= 0.3 is 0 Å². The molecule has 164 valence electrons. The second kappa shape index (κ2) is 9.48. The van der Waals surface area contributed by atoms with Gasteiger partial charge in [-0.15, -0.1) is 10.2 Å². The number of anilines is 2. The van der Waals surface area contributed by atoms with Crippen molar-refractivity contribution >= 4 is 51.3 Å². The molecule has 5 nitrogen and oxygen atoms in total. The number of aromatic nitrogens is 3. The number of rotatable bonds is 7. The van der Waals surface area contributed by atoms with Gasteiger partial charge in [0.1, 0.15) is 0 Å². The first-order valence-corrected chi connectivity index (χ1v) is 12.2. The van der Waals surface area contributed by atoms with Crippen molar-refractivity contribution in [2.45, 2.75) is 37.3 Å². The Balaban J connectivity index is 1.49. The number of nitrogens with one attached hydrogen (secondary N) is 1. The Morgan fingerprint density at radius 2 is 1.81 bits per heavy atom. The Bertz CT molecular complexity index is 1260. The van der Waals surface area contributed by atoms with Gasteiger partial charge in [-0.25, -0.2) is 0 Å². The average Bonchev–Trinajstić information content (AvgIpc) is 3.33. The van der Waals surface area contributed by atoms with E-state index in [1.54, 1.807) is 0 Å². The molecule has 0 aliphatic heterocycles. The zero-order valence-corrected chi connectivity index (χ0v) is 20.6. The molecule has 2 aromatic carbocycles. The lowest BCUT2D eigenvalue weighted by Gasteiger charge is -2.11. The summed E-state index contributed by atoms with van der Waals surface area (Å²) in [6, 6.07) is 17.6. The predicted molar refractivity (Wildman–Crippen MR) is 134 cm³/mol. The third-order valence-electron chi connectivity index (χ3n) is 5.22. The van der Waals surface area contributed by atoms with Crippen molar-refractivity contribution in [3.05, 3.63) is 82.1 Å². The summed E-state index contributed by atoms with van der Waals surface area (Å²) in [6.45, 7) is 7.93. The molecule has 0 aliphatic rings. The highest BCUT2D eigenvalue weighted by molar-refractivity contribution is 8.02. The highest BCUT2D eigenvalue weighted by Crippen LogP contribution is 2.33. The molecule has 4 rings (SSSR count). The van der Waals surface area contributed by atoms with E-state index in [9.17, 15) is 4.79 Å². The molecule has 0 saturated carbocycles. The molecular weight excluding hydrogens is 460 g/mol. The van der Waals surface area contributed by atoms with E-state index in [0.29, 0.717) is 10.2 Å². The number of benzene rings is 2. The van der Waals surface area contributed by atoms with Crippen molar-refractivity contribution in [1.82, 2.24) is 14.8 Å². The summed E-state index contributed by atoms with van der Waals surface area (Å²) in [5.74, 6) is 0.0759. The standard InChI is InChI=1S/C24H23ClN4OS2/c1-14-7-5-6-8-21(14)26-23-27-28-24(32-23)31-17(4)22(30)20-13-15(2)29(16(20)3)19-11-9-18(25)10-12-19/h5-13,17H,1-4H3,(H,26,27)/t17-/m1/s1. The van der Waals surface area contributed by atoms with Crippen molar-refractivity contribution in [2.24, 2.45) is 0 Å². The van der Waals surface area contributed by atoms with Crippen LogP contribution in [0.1, 0.15) is 34.2 Å². The van der Waals surface area contributed by atoms with Crippen LogP contribution in [0.15, 0.2) is 58.9 Å². The van der Waals surface area contributed by atoms with Gasteiger partial charge in [-0.05, 0) is 69.7 Å². The fourth-order valence-corrected chi connectivity index (χ4v) is 5.66. The Morgan fingerprint density at radius 3 is 2.53 bits per heavy atom. The van der Waals surface area contributed by atoms with Gasteiger partial charge in [-0.1, -0.05) is 52.9 Å². The van der Waals surface area contributed by atoms with Crippen LogP contribution in [0.3, 0.4) is 0 Å². The van der Waals surface area contributed by atoms with Crippen LogP contribution in [0.25, 0.3) is 5.69 Å². The number of carbonyl (C=O) groups is 1. The number of Topliss-reactive ketones (excluding diaryl/α,β-unsaturated/α-hetero) is 1. The molecule has 0 spiro atoms. The molecule has 0 fully saturated rings. The Hall–Kier alpha value is -2.61. The quantitative estimate of drug-likeness (QED) is 0.226. The maximum Gasteiger partial charge on any atom is 0.210 e. The van der Waals surface area contributed by atoms with E-state index in [-0.39, 0.29) is 11.0 Å². The van der Waals surface area contributed by atoms with Crippen LogP contribution in [0.2, 0.25) is 5.02 Å². The van der Waals surface area contributed by atoms with Gasteiger partial charge in [-0.2, -0.15) is 0 Å². The van der Waals surface area contributed by atoms with E-state index >= 15 is 0 Å². The molecule has 0 bridgehead atoms. The van der Waals surface area contributed by atoms with Crippen molar-refractivity contribution < 1.29 is 4.79 Å². The molecule has 0 amide bonds. The van der Waals surface area contributed by atoms with Gasteiger partial charge in [0.25, 0.3) is 0 Å². The third kappa shape index (κ3) is 4.75. The first-order valence-electron chi connectivity index (χ1n) is 10.2. The number of ketones is 1. The van der Waals surface area contributed by atoms with E-state index < -0.39 is 0 Å². The van der Waals surface area contributed by atoms with E-state index in [2.05, 4.69) is 20.1 Å². The number of aryl methyl sites for hydroxylation is 2. The number of hydrogen-bond donors (Lipinski definition) is 1. The van der Waals surface area contributed by atoms with Crippen molar-refractivity contribution in [2.75, 3.05) is 5.32 Å². The first kappa shape index (κ1) is 22.6. The van der Waals surface area contributed by atoms with Crippen molar-refractivity contribution in [1.29, 1.82) is 0 Å². The summed E-state index contributed by atoms with van der Waals surface area (Å²) in [6.07, 6.45) is 0. The molecule has 2 aromatic heterocycles. The molecule has 0 radical (unpaired) electrons. The lowest BCUT2D eigenvalue weighted by atomic mass is 10.1. The lowest BCUT2D eigenvalue weighted by molar-refractivity contribution is 0.0993. The fraction of sp³-hybridized carbons (Fsp3) is 0.208. The van der Waals surface area contributed by atoms with Crippen LogP contribution in [-0.2, 0) is 0 Å². The zero-order chi connectivity index (χ0) is 22.8. The van der Waals surface area contributed by atoms with Gasteiger partial charge in [0.15, 0.2) is 10.1 Å². The molecule has 1 atom stereocenters. The van der Waals surface area contributed by atoms with Crippen LogP contribution in [0.4, 0.5) is 10.8 Å². The molecule has 2 heterocycles. The monoisotopic (exact) mass is 482 g/mol. The molecular formula is C24H23ClN4OS2. The third-order valence-corrected chi connectivity index (χ3v) is 7.50. The summed E-state index contributed by atoms with van der Waals surface area (Å²) in [4.78, 5) is 13.2. The van der Waals surface area contributed by atoms with Crippen LogP contribution in [-0.4, -0.2) is 25.8 Å². The first-order chi connectivity index (χ1) is 15.3. The van der Waals surface area contributed by atoms with Crippen LogP contribution >= 0.6 is 34.7 Å². The number of nitrogens with zero attached hydrogens (tertiary/aromatic N) is 3. The number of halogens is 1. The predicted octanol–water partition coefficient (Wildman–Crippen LogP) is 7.01. The molecule has 1 N–H and O–H groups in total. The molecule has 32 heavy (non-hydrogen) atoms. The number of carbonyl (C=O) groups excluding carboxylic acids is 1. The zero-order valence-electron chi connectivity index (χ0n) is 18.2. The second-order valence-corrected chi connectivity index (χ2v) is 10.5. The average molecular weight is 483 g/mol. The molecule has 4 aromatic rings. The Labute approximate surface area is 200 Å². The highest BCUT2D eigenvalue weighted by atomic mass is 35.5. The summed E-state index contributed by atoms with van der Waals surface area (Å²) in [7, 11) is 0. The van der Waals surface area contributed by atoms with E-state index in [1.165, 1.54) is 23.1 Å². The molecule has 0 unspecified atom stereocenters. The summed E-state index contributed by atoms with van der Waals surface area (Å²) >= 11 is 8.91. The topological polar surface area (TPSA) is 59.8 Å². The Morgan fingerprint density at radius 1 is 1.09 bits per heavy atom. The van der Waals surface area contributed by atoms with Gasteiger partial charge in [0.2, 0.25) is 5.13 Å². The minimum Gasteiger partial charge on any atom is -0.330 e. The van der Waals surface area contributed by atoms with Gasteiger partial charge in [-0.3, -0.25) is 4.79 Å². The van der Waals surface area contributed by atoms with E-state index in [0.717, 1.165) is 38.2 Å². The number of hydrogen-bond acceptors (Lipinski definition) is 6. The lowest BCUT2D eigenvalue weighted by Crippen LogP contribution is -2.14. The SMILES string of the molecule is Cc1ccccc1Nc1nnc(S[C@H](C)C(=O)c2cc(C)n(-c3ccc(Cl)cc3)c2C)s1. The largest absolute Gasteiger partial charge is 0.330 e. The molecule has 0 saturated heterocycles. The van der Waals surface area contributed by atoms with E-state index in [1.807, 2.05) is 82.3 Å². The van der Waals surface area contributed by atoms with Crippen LogP contribution in [0.5, 0.6) is 0 Å². The van der Waals surface area contributed by atoms with Crippen LogP contribution in [0, 0.1) is 20.8 Å². The normalized spacial score (nSPS) is 12.0. The number of thioether (sulfide) groups is 1. The molecule has 0 aliphatic carbocycles. The van der Waals surface area contributed by atoms with Gasteiger partial charge in [0, 0.05) is 33.3 Å². The minimum atomic E-state index is -0.284. The van der Waals surface area contributed by atoms with Gasteiger partial charge < -0.3 is 9.88 Å². The highest BCUT2D eigenvalue weighted by Gasteiger charge is 2.23. The van der Waals surface area contributed by atoms with E-state index in [4.69, 9.17) is 11.6 Å². The van der Waals surface area contributed by atoms with Crippen LogP contribution < -0.4 is 5.32 Å². The van der Waals surface area contributed by atoms with Crippen molar-refractivity contribution in [3.63, 3.8) is 0 Å².